The topological polar surface area (TPSA) is 95.9 Å². The van der Waals surface area contributed by atoms with Crippen molar-refractivity contribution in [2.75, 3.05) is 19.7 Å². The van der Waals surface area contributed by atoms with E-state index in [2.05, 4.69) is 29.6 Å². The number of alkyl carbamates (subject to hydrolysis) is 1. The summed E-state index contributed by atoms with van der Waals surface area (Å²) in [7, 11) is 0. The highest BCUT2D eigenvalue weighted by Crippen LogP contribution is 2.51. The van der Waals surface area contributed by atoms with Gasteiger partial charge in [-0.2, -0.15) is 0 Å². The minimum absolute atomic E-state index is 0.0119. The fraction of sp³-hybridized carbons (Fsp3) is 0.423. The average Bonchev–Trinajstić information content (AvgIpc) is 3.45. The molecule has 7 heteroatoms. The summed E-state index contributed by atoms with van der Waals surface area (Å²) in [5, 5.41) is 12.0. The van der Waals surface area contributed by atoms with E-state index in [0.717, 1.165) is 17.5 Å². The van der Waals surface area contributed by atoms with E-state index in [1.165, 1.54) is 11.1 Å². The molecule has 33 heavy (non-hydrogen) atoms. The third kappa shape index (κ3) is 4.08. The Hall–Kier alpha value is -3.35. The molecule has 1 unspecified atom stereocenters. The van der Waals surface area contributed by atoms with Gasteiger partial charge >= 0.3 is 12.1 Å². The van der Waals surface area contributed by atoms with Crippen LogP contribution in [0.1, 0.15) is 36.8 Å². The number of benzene rings is 2. The molecule has 0 aromatic heterocycles. The number of carboxylic acid groups (broad SMARTS) is 1. The second kappa shape index (κ2) is 8.54. The predicted molar refractivity (Wildman–Crippen MR) is 122 cm³/mol. The van der Waals surface area contributed by atoms with Crippen LogP contribution in [0.25, 0.3) is 11.1 Å². The first kappa shape index (κ1) is 21.5. The van der Waals surface area contributed by atoms with Gasteiger partial charge in [0.25, 0.3) is 0 Å². The van der Waals surface area contributed by atoms with E-state index in [4.69, 9.17) is 4.74 Å². The third-order valence-corrected chi connectivity index (χ3v) is 7.32. The lowest BCUT2D eigenvalue weighted by molar-refractivity contribution is -0.139. The smallest absolute Gasteiger partial charge is 0.407 e. The number of hydrogen-bond acceptors (Lipinski definition) is 4. The highest BCUT2D eigenvalue weighted by molar-refractivity contribution is 5.80. The molecule has 1 saturated heterocycles. The fourth-order valence-electron chi connectivity index (χ4n) is 5.61. The first-order chi connectivity index (χ1) is 15.9. The molecule has 0 spiro atoms. The average molecular weight is 449 g/mol. The van der Waals surface area contributed by atoms with Gasteiger partial charge in [0.2, 0.25) is 5.91 Å². The number of carbonyl (C=O) groups excluding carboxylic acids is 2. The van der Waals surface area contributed by atoms with Crippen LogP contribution in [-0.4, -0.2) is 53.7 Å². The molecule has 1 aliphatic heterocycles. The van der Waals surface area contributed by atoms with Gasteiger partial charge in [-0.15, -0.1) is 0 Å². The summed E-state index contributed by atoms with van der Waals surface area (Å²) in [6.07, 6.45) is 0.366. The van der Waals surface area contributed by atoms with Crippen molar-refractivity contribution >= 4 is 18.0 Å². The van der Waals surface area contributed by atoms with E-state index >= 15 is 0 Å². The Labute approximate surface area is 192 Å². The number of carboxylic acids is 1. The van der Waals surface area contributed by atoms with E-state index in [1.807, 2.05) is 24.3 Å². The second-order valence-corrected chi connectivity index (χ2v) is 9.40. The number of fused-ring (bicyclic) bond motifs is 4. The first-order valence-corrected chi connectivity index (χ1v) is 11.6. The van der Waals surface area contributed by atoms with Crippen molar-refractivity contribution in [3.63, 3.8) is 0 Å². The maximum Gasteiger partial charge on any atom is 0.407 e. The zero-order valence-electron chi connectivity index (χ0n) is 18.6. The lowest BCUT2D eigenvalue weighted by Gasteiger charge is -2.27. The molecule has 1 heterocycles. The lowest BCUT2D eigenvalue weighted by atomic mass is 9.98. The predicted octanol–water partition coefficient (Wildman–Crippen LogP) is 3.48. The van der Waals surface area contributed by atoms with Gasteiger partial charge in [0.1, 0.15) is 6.61 Å². The molecule has 2 aliphatic carbocycles. The lowest BCUT2D eigenvalue weighted by Crippen LogP contribution is -2.42. The molecule has 2 aromatic rings. The summed E-state index contributed by atoms with van der Waals surface area (Å²) in [6.45, 7) is 3.09. The summed E-state index contributed by atoms with van der Waals surface area (Å²) >= 11 is 0. The molecule has 7 nitrogen and oxygen atoms in total. The summed E-state index contributed by atoms with van der Waals surface area (Å²) in [5.41, 5.74) is 4.65. The largest absolute Gasteiger partial charge is 0.481 e. The molecule has 2 N–H and O–H groups in total. The van der Waals surface area contributed by atoms with Crippen LogP contribution in [0.4, 0.5) is 4.79 Å². The summed E-state index contributed by atoms with van der Waals surface area (Å²) < 4.78 is 5.56. The maximum atomic E-state index is 12.7. The van der Waals surface area contributed by atoms with Gasteiger partial charge in [0, 0.05) is 31.5 Å². The number of piperidine rings is 1. The third-order valence-electron chi connectivity index (χ3n) is 7.32. The zero-order valence-corrected chi connectivity index (χ0v) is 18.6. The van der Waals surface area contributed by atoms with Crippen LogP contribution in [0.5, 0.6) is 0 Å². The first-order valence-electron chi connectivity index (χ1n) is 11.6. The van der Waals surface area contributed by atoms with Crippen molar-refractivity contribution in [2.24, 2.45) is 17.8 Å². The number of hydrogen-bond donors (Lipinski definition) is 2. The Kier molecular flexibility index (Phi) is 5.56. The number of ether oxygens (including phenoxy) is 1. The van der Waals surface area contributed by atoms with Crippen molar-refractivity contribution in [3.8, 4) is 11.1 Å². The monoisotopic (exact) mass is 448 g/mol. The van der Waals surface area contributed by atoms with Gasteiger partial charge in [0.15, 0.2) is 0 Å². The number of carbonyl (C=O) groups is 3. The second-order valence-electron chi connectivity index (χ2n) is 9.40. The number of nitrogens with one attached hydrogen (secondary N) is 1. The van der Waals surface area contributed by atoms with Crippen LogP contribution in [-0.2, 0) is 14.3 Å². The molecule has 0 radical (unpaired) electrons. The number of nitrogens with zero attached hydrogens (tertiary/aromatic N) is 1. The normalized spacial score (nSPS) is 23.7. The van der Waals surface area contributed by atoms with E-state index in [9.17, 15) is 19.5 Å². The van der Waals surface area contributed by atoms with E-state index < -0.39 is 12.1 Å². The minimum Gasteiger partial charge on any atom is -0.481 e. The van der Waals surface area contributed by atoms with Crippen molar-refractivity contribution in [1.82, 2.24) is 10.2 Å². The van der Waals surface area contributed by atoms with Gasteiger partial charge in [-0.25, -0.2) is 4.79 Å². The maximum absolute atomic E-state index is 12.7. The number of likely N-dealkylation sites (tertiary alicyclic amines) is 1. The Morgan fingerprint density at radius 1 is 1.06 bits per heavy atom. The molecule has 2 aromatic carbocycles. The van der Waals surface area contributed by atoms with Crippen molar-refractivity contribution < 1.29 is 24.2 Å². The molecule has 2 amide bonds. The molecule has 172 valence electrons. The van der Waals surface area contributed by atoms with Crippen LogP contribution in [0, 0.1) is 17.8 Å². The molecule has 3 aliphatic rings. The fourth-order valence-corrected chi connectivity index (χ4v) is 5.61. The SMILES string of the molecule is C[C@@H](CC(=O)N1CC[C@H]2C(C(=O)O)[C@H]2C1)NC(=O)OCC1c2ccccc2-c2ccccc21. The van der Waals surface area contributed by atoms with Crippen LogP contribution < -0.4 is 5.32 Å². The van der Waals surface area contributed by atoms with Gasteiger partial charge in [-0.1, -0.05) is 48.5 Å². The molecule has 0 bridgehead atoms. The number of aliphatic carboxylic acids is 1. The summed E-state index contributed by atoms with van der Waals surface area (Å²) in [4.78, 5) is 38.1. The molecular weight excluding hydrogens is 420 g/mol. The highest BCUT2D eigenvalue weighted by atomic mass is 16.5. The molecular formula is C26H28N2O5. The molecule has 1 saturated carbocycles. The van der Waals surface area contributed by atoms with Crippen LogP contribution in [0.2, 0.25) is 0 Å². The Morgan fingerprint density at radius 2 is 1.70 bits per heavy atom. The van der Waals surface area contributed by atoms with Crippen LogP contribution in [0.3, 0.4) is 0 Å². The zero-order chi connectivity index (χ0) is 23.1. The van der Waals surface area contributed by atoms with Crippen molar-refractivity contribution in [1.29, 1.82) is 0 Å². The quantitative estimate of drug-likeness (QED) is 0.705. The van der Waals surface area contributed by atoms with E-state index in [0.29, 0.717) is 13.1 Å². The van der Waals surface area contributed by atoms with Crippen LogP contribution >= 0.6 is 0 Å². The summed E-state index contributed by atoms with van der Waals surface area (Å²) in [6, 6.07) is 16.0. The highest BCUT2D eigenvalue weighted by Gasteiger charge is 2.57. The van der Waals surface area contributed by atoms with Gasteiger partial charge < -0.3 is 20.1 Å². The van der Waals surface area contributed by atoms with E-state index in [1.54, 1.807) is 11.8 Å². The van der Waals surface area contributed by atoms with Gasteiger partial charge in [0.05, 0.1) is 5.92 Å². The standard InChI is InChI=1S/C26H28N2O5/c1-15(12-23(29)28-11-10-20-21(13-28)24(20)25(30)31)27-26(32)33-14-22-18-8-4-2-6-16(18)17-7-3-5-9-19(17)22/h2-9,15,20-22,24H,10-14H2,1H3,(H,27,32)(H,30,31)/t15-,20+,21-,24?/m0/s1. The number of rotatable bonds is 6. The van der Waals surface area contributed by atoms with Crippen molar-refractivity contribution in [2.45, 2.75) is 31.7 Å². The van der Waals surface area contributed by atoms with E-state index in [-0.39, 0.29) is 48.6 Å². The molecule has 2 fully saturated rings. The van der Waals surface area contributed by atoms with Crippen molar-refractivity contribution in [3.05, 3.63) is 59.7 Å². The molecule has 5 rings (SSSR count). The van der Waals surface area contributed by atoms with Crippen LogP contribution in [0.15, 0.2) is 48.5 Å². The molecule has 4 atom stereocenters. The van der Waals surface area contributed by atoms with Gasteiger partial charge in [-0.3, -0.25) is 9.59 Å². The Bertz CT molecular complexity index is 1050. The minimum atomic E-state index is -0.760. The Morgan fingerprint density at radius 3 is 2.33 bits per heavy atom. The Balaban J connectivity index is 1.12. The summed E-state index contributed by atoms with van der Waals surface area (Å²) in [5.74, 6) is -0.852. The number of amides is 2. The van der Waals surface area contributed by atoms with Gasteiger partial charge in [-0.05, 0) is 47.4 Å².